The SMILES string of the molecule is Cl.N#Cc1cccc(CN2CCC(N3CCN(C(=O)C4CC4)CC3)CC2)c1. The first-order valence-electron chi connectivity index (χ1n) is 9.97. The molecule has 2 heterocycles. The van der Waals surface area contributed by atoms with Crippen LogP contribution in [0.3, 0.4) is 0 Å². The van der Waals surface area contributed by atoms with Crippen LogP contribution in [0.4, 0.5) is 0 Å². The average molecular weight is 389 g/mol. The molecule has 0 spiro atoms. The summed E-state index contributed by atoms with van der Waals surface area (Å²) >= 11 is 0. The summed E-state index contributed by atoms with van der Waals surface area (Å²) in [6, 6.07) is 10.8. The standard InChI is InChI=1S/C21H28N4O.ClH/c22-15-17-2-1-3-18(14-17)16-23-8-6-20(7-9-23)24-10-12-25(13-11-24)21(26)19-4-5-19;/h1-3,14,19-20H,4-13,16H2;1H. The molecule has 1 amide bonds. The van der Waals surface area contributed by atoms with E-state index in [4.69, 9.17) is 5.26 Å². The second kappa shape index (κ2) is 9.05. The first kappa shape index (κ1) is 20.1. The number of halogens is 1. The Bertz CT molecular complexity index is 684. The van der Waals surface area contributed by atoms with Gasteiger partial charge in [-0.1, -0.05) is 12.1 Å². The Kier molecular flexibility index (Phi) is 6.75. The normalized spacial score (nSPS) is 22.1. The number of carbonyl (C=O) groups is 1. The van der Waals surface area contributed by atoms with Crippen LogP contribution < -0.4 is 0 Å². The van der Waals surface area contributed by atoms with Crippen LogP contribution in [0.2, 0.25) is 0 Å². The maximum absolute atomic E-state index is 12.2. The molecule has 4 rings (SSSR count). The molecule has 0 atom stereocenters. The van der Waals surface area contributed by atoms with Crippen LogP contribution in [0.5, 0.6) is 0 Å². The van der Waals surface area contributed by atoms with E-state index in [1.807, 2.05) is 18.2 Å². The summed E-state index contributed by atoms with van der Waals surface area (Å²) in [5, 5.41) is 9.04. The number of hydrogen-bond donors (Lipinski definition) is 0. The van der Waals surface area contributed by atoms with Gasteiger partial charge in [-0.3, -0.25) is 14.6 Å². The highest BCUT2D eigenvalue weighted by atomic mass is 35.5. The summed E-state index contributed by atoms with van der Waals surface area (Å²) in [5.74, 6) is 0.753. The zero-order valence-electron chi connectivity index (χ0n) is 15.8. The van der Waals surface area contributed by atoms with Crippen molar-refractivity contribution in [3.05, 3.63) is 35.4 Å². The van der Waals surface area contributed by atoms with Gasteiger partial charge in [0, 0.05) is 44.7 Å². The fraction of sp³-hybridized carbons (Fsp3) is 0.619. The molecular formula is C21H29ClN4O. The van der Waals surface area contributed by atoms with Gasteiger partial charge in [0.05, 0.1) is 11.6 Å². The lowest BCUT2D eigenvalue weighted by Crippen LogP contribution is -2.54. The van der Waals surface area contributed by atoms with Crippen LogP contribution in [0, 0.1) is 17.2 Å². The number of carbonyl (C=O) groups excluding carboxylic acids is 1. The molecule has 1 aliphatic carbocycles. The number of amides is 1. The van der Waals surface area contributed by atoms with Crippen molar-refractivity contribution in [2.45, 2.75) is 38.3 Å². The molecule has 0 bridgehead atoms. The Morgan fingerprint density at radius 2 is 1.74 bits per heavy atom. The van der Waals surface area contributed by atoms with Gasteiger partial charge in [-0.15, -0.1) is 12.4 Å². The topological polar surface area (TPSA) is 50.6 Å². The lowest BCUT2D eigenvalue weighted by atomic mass is 10.0. The van der Waals surface area contributed by atoms with E-state index >= 15 is 0 Å². The average Bonchev–Trinajstić information content (AvgIpc) is 3.54. The Hall–Kier alpha value is -1.61. The van der Waals surface area contributed by atoms with E-state index in [9.17, 15) is 4.79 Å². The van der Waals surface area contributed by atoms with E-state index in [2.05, 4.69) is 26.8 Å². The van der Waals surface area contributed by atoms with Crippen molar-refractivity contribution in [1.29, 1.82) is 5.26 Å². The lowest BCUT2D eigenvalue weighted by molar-refractivity contribution is -0.134. The van der Waals surface area contributed by atoms with Crippen LogP contribution in [-0.4, -0.2) is 65.9 Å². The van der Waals surface area contributed by atoms with Gasteiger partial charge in [0.1, 0.15) is 0 Å². The molecule has 27 heavy (non-hydrogen) atoms. The number of benzene rings is 1. The smallest absolute Gasteiger partial charge is 0.225 e. The van der Waals surface area contributed by atoms with Crippen LogP contribution in [0.25, 0.3) is 0 Å². The van der Waals surface area contributed by atoms with Gasteiger partial charge in [0.2, 0.25) is 5.91 Å². The first-order chi connectivity index (χ1) is 12.7. The van der Waals surface area contributed by atoms with Gasteiger partial charge in [-0.25, -0.2) is 0 Å². The van der Waals surface area contributed by atoms with Crippen molar-refractivity contribution in [3.8, 4) is 6.07 Å². The molecule has 146 valence electrons. The molecule has 5 nitrogen and oxygen atoms in total. The summed E-state index contributed by atoms with van der Waals surface area (Å²) in [5.41, 5.74) is 1.98. The summed E-state index contributed by atoms with van der Waals surface area (Å²) in [6.45, 7) is 7.06. The Morgan fingerprint density at radius 3 is 2.37 bits per heavy atom. The molecule has 3 aliphatic rings. The van der Waals surface area contributed by atoms with Gasteiger partial charge in [0.15, 0.2) is 0 Å². The number of piperidine rings is 1. The molecule has 1 aromatic rings. The molecule has 0 N–H and O–H groups in total. The summed E-state index contributed by atoms with van der Waals surface area (Å²) in [4.78, 5) is 19.4. The summed E-state index contributed by atoms with van der Waals surface area (Å²) in [6.07, 6.45) is 4.62. The van der Waals surface area contributed by atoms with Gasteiger partial charge < -0.3 is 4.90 Å². The van der Waals surface area contributed by atoms with E-state index in [1.165, 1.54) is 18.4 Å². The van der Waals surface area contributed by atoms with Crippen molar-refractivity contribution >= 4 is 18.3 Å². The minimum atomic E-state index is 0. The monoisotopic (exact) mass is 388 g/mol. The van der Waals surface area contributed by atoms with E-state index in [-0.39, 0.29) is 12.4 Å². The lowest BCUT2D eigenvalue weighted by Gasteiger charge is -2.43. The third-order valence-corrected chi connectivity index (χ3v) is 6.09. The molecule has 0 unspecified atom stereocenters. The summed E-state index contributed by atoms with van der Waals surface area (Å²) < 4.78 is 0. The van der Waals surface area contributed by atoms with Crippen molar-refractivity contribution in [3.63, 3.8) is 0 Å². The van der Waals surface area contributed by atoms with Gasteiger partial charge in [-0.05, 0) is 56.5 Å². The molecule has 3 fully saturated rings. The third-order valence-electron chi connectivity index (χ3n) is 6.09. The highest BCUT2D eigenvalue weighted by molar-refractivity contribution is 5.85. The van der Waals surface area contributed by atoms with E-state index in [1.54, 1.807) is 0 Å². The summed E-state index contributed by atoms with van der Waals surface area (Å²) in [7, 11) is 0. The Labute approximate surface area is 168 Å². The van der Waals surface area contributed by atoms with Crippen molar-refractivity contribution in [2.24, 2.45) is 5.92 Å². The zero-order valence-corrected chi connectivity index (χ0v) is 16.7. The van der Waals surface area contributed by atoms with Gasteiger partial charge in [-0.2, -0.15) is 5.26 Å². The van der Waals surface area contributed by atoms with Crippen molar-refractivity contribution in [2.75, 3.05) is 39.3 Å². The largest absolute Gasteiger partial charge is 0.340 e. The Balaban J connectivity index is 0.00000210. The number of rotatable bonds is 4. The van der Waals surface area contributed by atoms with E-state index in [0.717, 1.165) is 64.2 Å². The van der Waals surface area contributed by atoms with Crippen LogP contribution in [0.1, 0.15) is 36.8 Å². The quantitative estimate of drug-likeness (QED) is 0.795. The number of piperazine rings is 1. The predicted molar refractivity (Wildman–Crippen MR) is 108 cm³/mol. The van der Waals surface area contributed by atoms with Crippen molar-refractivity contribution in [1.82, 2.24) is 14.7 Å². The van der Waals surface area contributed by atoms with Crippen LogP contribution in [0.15, 0.2) is 24.3 Å². The number of likely N-dealkylation sites (tertiary alicyclic amines) is 1. The molecule has 0 radical (unpaired) electrons. The fourth-order valence-electron chi connectivity index (χ4n) is 4.34. The molecule has 2 aliphatic heterocycles. The predicted octanol–water partition coefficient (Wildman–Crippen LogP) is 2.50. The van der Waals surface area contributed by atoms with Gasteiger partial charge in [0.25, 0.3) is 0 Å². The molecule has 2 saturated heterocycles. The van der Waals surface area contributed by atoms with E-state index < -0.39 is 0 Å². The number of nitrogens with zero attached hydrogens (tertiary/aromatic N) is 4. The second-order valence-corrected chi connectivity index (χ2v) is 7.96. The number of nitriles is 1. The van der Waals surface area contributed by atoms with Crippen LogP contribution >= 0.6 is 12.4 Å². The fourth-order valence-corrected chi connectivity index (χ4v) is 4.34. The van der Waals surface area contributed by atoms with E-state index in [0.29, 0.717) is 17.9 Å². The molecular weight excluding hydrogens is 360 g/mol. The highest BCUT2D eigenvalue weighted by Crippen LogP contribution is 2.31. The second-order valence-electron chi connectivity index (χ2n) is 7.96. The molecule has 1 aromatic carbocycles. The minimum Gasteiger partial charge on any atom is -0.340 e. The molecule has 1 saturated carbocycles. The minimum absolute atomic E-state index is 0. The van der Waals surface area contributed by atoms with Gasteiger partial charge >= 0.3 is 0 Å². The molecule has 6 heteroatoms. The third kappa shape index (κ3) is 5.01. The Morgan fingerprint density at radius 1 is 1.04 bits per heavy atom. The maximum atomic E-state index is 12.2. The van der Waals surface area contributed by atoms with Crippen LogP contribution in [-0.2, 0) is 11.3 Å². The first-order valence-corrected chi connectivity index (χ1v) is 9.97. The zero-order chi connectivity index (χ0) is 17.9. The molecule has 0 aromatic heterocycles. The van der Waals surface area contributed by atoms with Crippen molar-refractivity contribution < 1.29 is 4.79 Å². The number of hydrogen-bond acceptors (Lipinski definition) is 4. The maximum Gasteiger partial charge on any atom is 0.225 e. The highest BCUT2D eigenvalue weighted by Gasteiger charge is 2.35.